The quantitative estimate of drug-likeness (QED) is 0.661. The van der Waals surface area contributed by atoms with Crippen LogP contribution in [0, 0.1) is 25.5 Å². The molecule has 0 saturated heterocycles. The minimum atomic E-state index is -0.897. The third kappa shape index (κ3) is 2.12. The van der Waals surface area contributed by atoms with Gasteiger partial charge < -0.3 is 0 Å². The first-order valence-electron chi connectivity index (χ1n) is 5.25. The van der Waals surface area contributed by atoms with Crippen molar-refractivity contribution in [3.05, 3.63) is 45.5 Å². The minimum absolute atomic E-state index is 0.148. The molecule has 0 aliphatic carbocycles. The number of benzene rings is 1. The second kappa shape index (κ2) is 5.05. The summed E-state index contributed by atoms with van der Waals surface area (Å²) in [6, 6.07) is 2.37. The number of aromatic nitrogens is 2. The zero-order valence-corrected chi connectivity index (χ0v) is 10.7. The van der Waals surface area contributed by atoms with Gasteiger partial charge in [0.1, 0.15) is 0 Å². The molecular weight excluding hydrogens is 258 g/mol. The standard InChI is InChI=1S/C11H12F2N4S/c1-5-3-4-7(9(13)8(5)12)10(15-14)11-6(2)16-17-18-11/h3-4,10,15H,14H2,1-2H3. The molecule has 0 aliphatic rings. The van der Waals surface area contributed by atoms with Gasteiger partial charge in [0.2, 0.25) is 0 Å². The molecule has 0 saturated carbocycles. The highest BCUT2D eigenvalue weighted by Crippen LogP contribution is 2.29. The van der Waals surface area contributed by atoms with Gasteiger partial charge in [0.05, 0.1) is 16.6 Å². The number of aryl methyl sites for hydroxylation is 2. The molecule has 1 heterocycles. The van der Waals surface area contributed by atoms with Gasteiger partial charge in [0, 0.05) is 5.56 Å². The van der Waals surface area contributed by atoms with Gasteiger partial charge in [-0.05, 0) is 30.9 Å². The maximum Gasteiger partial charge on any atom is 0.164 e. The number of hydrogen-bond acceptors (Lipinski definition) is 5. The second-order valence-corrected chi connectivity index (χ2v) is 4.71. The number of nitrogens with two attached hydrogens (primary N) is 1. The van der Waals surface area contributed by atoms with Gasteiger partial charge in [0.15, 0.2) is 11.6 Å². The smallest absolute Gasteiger partial charge is 0.164 e. The second-order valence-electron chi connectivity index (χ2n) is 3.92. The molecule has 0 spiro atoms. The van der Waals surface area contributed by atoms with Crippen molar-refractivity contribution >= 4 is 11.5 Å². The van der Waals surface area contributed by atoms with E-state index in [1.54, 1.807) is 6.92 Å². The zero-order chi connectivity index (χ0) is 13.3. The largest absolute Gasteiger partial charge is 0.271 e. The van der Waals surface area contributed by atoms with Crippen LogP contribution in [0.1, 0.15) is 27.7 Å². The maximum absolute atomic E-state index is 13.9. The molecule has 1 aromatic carbocycles. The Morgan fingerprint density at radius 3 is 2.56 bits per heavy atom. The molecule has 4 nitrogen and oxygen atoms in total. The van der Waals surface area contributed by atoms with Crippen LogP contribution in [0.2, 0.25) is 0 Å². The Balaban J connectivity index is 2.53. The Morgan fingerprint density at radius 1 is 1.28 bits per heavy atom. The summed E-state index contributed by atoms with van der Waals surface area (Å²) in [5.74, 6) is 3.68. The SMILES string of the molecule is Cc1ccc(C(NN)c2snnc2C)c(F)c1F. The van der Waals surface area contributed by atoms with E-state index in [9.17, 15) is 8.78 Å². The summed E-state index contributed by atoms with van der Waals surface area (Å²) in [5.41, 5.74) is 3.52. The van der Waals surface area contributed by atoms with Gasteiger partial charge in [-0.2, -0.15) is 0 Å². The number of nitrogens with zero attached hydrogens (tertiary/aromatic N) is 2. The van der Waals surface area contributed by atoms with Crippen LogP contribution in [0.25, 0.3) is 0 Å². The van der Waals surface area contributed by atoms with E-state index in [0.29, 0.717) is 10.6 Å². The molecule has 0 amide bonds. The zero-order valence-electron chi connectivity index (χ0n) is 9.87. The lowest BCUT2D eigenvalue weighted by Crippen LogP contribution is -2.29. The van der Waals surface area contributed by atoms with E-state index in [0.717, 1.165) is 11.5 Å². The van der Waals surface area contributed by atoms with Crippen LogP contribution >= 0.6 is 11.5 Å². The van der Waals surface area contributed by atoms with Gasteiger partial charge in [-0.25, -0.2) is 14.2 Å². The predicted molar refractivity (Wildman–Crippen MR) is 64.9 cm³/mol. The number of nitrogens with one attached hydrogen (secondary N) is 1. The Bertz CT molecular complexity index is 570. The molecule has 96 valence electrons. The van der Waals surface area contributed by atoms with Gasteiger partial charge in [-0.1, -0.05) is 16.6 Å². The van der Waals surface area contributed by atoms with E-state index < -0.39 is 17.7 Å². The van der Waals surface area contributed by atoms with Crippen molar-refractivity contribution in [3.63, 3.8) is 0 Å². The van der Waals surface area contributed by atoms with Crippen LogP contribution in [-0.2, 0) is 0 Å². The predicted octanol–water partition coefficient (Wildman–Crippen LogP) is 1.99. The van der Waals surface area contributed by atoms with Crippen LogP contribution in [-0.4, -0.2) is 9.59 Å². The van der Waals surface area contributed by atoms with Crippen molar-refractivity contribution in [1.82, 2.24) is 15.0 Å². The van der Waals surface area contributed by atoms with E-state index >= 15 is 0 Å². The molecule has 3 N–H and O–H groups in total. The summed E-state index contributed by atoms with van der Waals surface area (Å²) in [5, 5.41) is 3.84. The van der Waals surface area contributed by atoms with Crippen molar-refractivity contribution in [2.24, 2.45) is 5.84 Å². The van der Waals surface area contributed by atoms with Crippen molar-refractivity contribution in [1.29, 1.82) is 0 Å². The molecule has 0 radical (unpaired) electrons. The lowest BCUT2D eigenvalue weighted by molar-refractivity contribution is 0.479. The molecule has 1 atom stereocenters. The minimum Gasteiger partial charge on any atom is -0.271 e. The van der Waals surface area contributed by atoms with E-state index in [1.807, 2.05) is 0 Å². The van der Waals surface area contributed by atoms with Gasteiger partial charge >= 0.3 is 0 Å². The Morgan fingerprint density at radius 2 is 2.00 bits per heavy atom. The Hall–Kier alpha value is -1.44. The highest BCUT2D eigenvalue weighted by Gasteiger charge is 2.23. The van der Waals surface area contributed by atoms with Crippen LogP contribution < -0.4 is 11.3 Å². The number of halogens is 2. The van der Waals surface area contributed by atoms with E-state index in [2.05, 4.69) is 15.0 Å². The van der Waals surface area contributed by atoms with Crippen LogP contribution in [0.15, 0.2) is 12.1 Å². The summed E-state index contributed by atoms with van der Waals surface area (Å²) < 4.78 is 31.2. The fourth-order valence-electron chi connectivity index (χ4n) is 1.69. The summed E-state index contributed by atoms with van der Waals surface area (Å²) >= 11 is 1.10. The first kappa shape index (κ1) is 13.0. The molecule has 18 heavy (non-hydrogen) atoms. The van der Waals surface area contributed by atoms with Crippen molar-refractivity contribution < 1.29 is 8.78 Å². The molecular formula is C11H12F2N4S. The maximum atomic E-state index is 13.9. The molecule has 1 unspecified atom stereocenters. The Labute approximate surface area is 107 Å². The van der Waals surface area contributed by atoms with Crippen LogP contribution in [0.5, 0.6) is 0 Å². The van der Waals surface area contributed by atoms with E-state index in [4.69, 9.17) is 5.84 Å². The summed E-state index contributed by atoms with van der Waals surface area (Å²) in [7, 11) is 0. The van der Waals surface area contributed by atoms with Crippen molar-refractivity contribution in [2.45, 2.75) is 19.9 Å². The topological polar surface area (TPSA) is 63.8 Å². The number of hydrazine groups is 1. The average molecular weight is 270 g/mol. The van der Waals surface area contributed by atoms with Gasteiger partial charge in [-0.15, -0.1) is 5.10 Å². The molecule has 2 rings (SSSR count). The van der Waals surface area contributed by atoms with Gasteiger partial charge in [-0.3, -0.25) is 5.84 Å². The third-order valence-electron chi connectivity index (χ3n) is 2.73. The molecule has 2 aromatic rings. The fraction of sp³-hybridized carbons (Fsp3) is 0.273. The monoisotopic (exact) mass is 270 g/mol. The summed E-state index contributed by atoms with van der Waals surface area (Å²) in [6.07, 6.45) is 0. The molecule has 7 heteroatoms. The molecule has 0 bridgehead atoms. The van der Waals surface area contributed by atoms with Crippen LogP contribution in [0.4, 0.5) is 8.78 Å². The first-order chi connectivity index (χ1) is 8.56. The average Bonchev–Trinajstić information content (AvgIpc) is 2.77. The Kier molecular flexibility index (Phi) is 3.65. The molecule has 1 aromatic heterocycles. The first-order valence-corrected chi connectivity index (χ1v) is 6.03. The van der Waals surface area contributed by atoms with Crippen molar-refractivity contribution in [2.75, 3.05) is 0 Å². The van der Waals surface area contributed by atoms with E-state index in [1.165, 1.54) is 19.1 Å². The lowest BCUT2D eigenvalue weighted by Gasteiger charge is -2.16. The van der Waals surface area contributed by atoms with Crippen LogP contribution in [0.3, 0.4) is 0 Å². The molecule has 0 aliphatic heterocycles. The van der Waals surface area contributed by atoms with Crippen molar-refractivity contribution in [3.8, 4) is 0 Å². The normalized spacial score (nSPS) is 12.7. The van der Waals surface area contributed by atoms with Gasteiger partial charge in [0.25, 0.3) is 0 Å². The third-order valence-corrected chi connectivity index (χ3v) is 3.62. The highest BCUT2D eigenvalue weighted by atomic mass is 32.1. The number of rotatable bonds is 3. The lowest BCUT2D eigenvalue weighted by atomic mass is 10.0. The summed E-state index contributed by atoms with van der Waals surface area (Å²) in [6.45, 7) is 3.25. The number of hydrogen-bond donors (Lipinski definition) is 2. The fourth-order valence-corrected chi connectivity index (χ4v) is 2.42. The summed E-state index contributed by atoms with van der Waals surface area (Å²) in [4.78, 5) is 0.666. The highest BCUT2D eigenvalue weighted by molar-refractivity contribution is 7.05. The van der Waals surface area contributed by atoms with E-state index in [-0.39, 0.29) is 11.1 Å². The molecule has 0 fully saturated rings.